The minimum absolute atomic E-state index is 0.349. The Kier molecular flexibility index (Phi) is 5.48. The van der Waals surface area contributed by atoms with E-state index in [9.17, 15) is 0 Å². The van der Waals surface area contributed by atoms with Crippen LogP contribution in [0.15, 0.2) is 24.3 Å². The first-order valence-electron chi connectivity index (χ1n) is 7.64. The normalized spacial score (nSPS) is 30.7. The highest BCUT2D eigenvalue weighted by Crippen LogP contribution is 2.33. The predicted octanol–water partition coefficient (Wildman–Crippen LogP) is 3.78. The van der Waals surface area contributed by atoms with Gasteiger partial charge >= 0.3 is 0 Å². The first-order chi connectivity index (χ1) is 9.45. The third-order valence-electron chi connectivity index (χ3n) is 4.62. The Bertz CT molecular complexity index is 406. The smallest absolute Gasteiger partial charge is 0.0406 e. The Morgan fingerprint density at radius 1 is 1.20 bits per heavy atom. The number of rotatable bonds is 4. The highest BCUT2D eigenvalue weighted by atomic mass is 35.5. The Morgan fingerprint density at radius 2 is 1.85 bits per heavy atom. The van der Waals surface area contributed by atoms with Gasteiger partial charge < -0.3 is 10.6 Å². The van der Waals surface area contributed by atoms with Gasteiger partial charge in [-0.25, -0.2) is 0 Å². The Labute approximate surface area is 128 Å². The summed E-state index contributed by atoms with van der Waals surface area (Å²) in [6, 6.07) is 8.47. The molecule has 0 radical (unpaired) electrons. The second-order valence-electron chi connectivity index (χ2n) is 6.70. The lowest BCUT2D eigenvalue weighted by molar-refractivity contribution is 0.127. The molecular formula is C17H27ClN2. The third-order valence-corrected chi connectivity index (χ3v) is 4.87. The van der Waals surface area contributed by atoms with Crippen LogP contribution >= 0.6 is 11.6 Å². The zero-order valence-corrected chi connectivity index (χ0v) is 13.6. The molecule has 1 aromatic rings. The van der Waals surface area contributed by atoms with E-state index in [-0.39, 0.29) is 0 Å². The molecule has 0 aliphatic heterocycles. The van der Waals surface area contributed by atoms with Crippen molar-refractivity contribution in [2.45, 2.75) is 39.3 Å². The van der Waals surface area contributed by atoms with Crippen molar-refractivity contribution in [3.63, 3.8) is 0 Å². The second kappa shape index (κ2) is 6.93. The van der Waals surface area contributed by atoms with E-state index in [4.69, 9.17) is 17.3 Å². The number of benzene rings is 1. The van der Waals surface area contributed by atoms with Crippen molar-refractivity contribution < 1.29 is 0 Å². The SMILES string of the molecule is CC1CC(C)C(CN(C)Cc2ccc(Cl)cc2)C(N)C1. The molecule has 4 unspecified atom stereocenters. The number of hydrogen-bond acceptors (Lipinski definition) is 2. The largest absolute Gasteiger partial charge is 0.327 e. The van der Waals surface area contributed by atoms with Crippen LogP contribution in [0.2, 0.25) is 5.02 Å². The van der Waals surface area contributed by atoms with Gasteiger partial charge in [-0.3, -0.25) is 0 Å². The van der Waals surface area contributed by atoms with Crippen molar-refractivity contribution in [1.82, 2.24) is 4.90 Å². The number of nitrogens with zero attached hydrogens (tertiary/aromatic N) is 1. The van der Waals surface area contributed by atoms with E-state index in [1.54, 1.807) is 0 Å². The maximum Gasteiger partial charge on any atom is 0.0406 e. The summed E-state index contributed by atoms with van der Waals surface area (Å²) in [4.78, 5) is 2.39. The van der Waals surface area contributed by atoms with Crippen molar-refractivity contribution in [3.05, 3.63) is 34.9 Å². The maximum absolute atomic E-state index is 6.38. The summed E-state index contributed by atoms with van der Waals surface area (Å²) in [6.07, 6.45) is 2.48. The van der Waals surface area contributed by atoms with Crippen LogP contribution in [0.4, 0.5) is 0 Å². The highest BCUT2D eigenvalue weighted by molar-refractivity contribution is 6.30. The van der Waals surface area contributed by atoms with E-state index in [0.29, 0.717) is 12.0 Å². The number of halogens is 1. The van der Waals surface area contributed by atoms with E-state index in [1.807, 2.05) is 12.1 Å². The Morgan fingerprint density at radius 3 is 2.45 bits per heavy atom. The van der Waals surface area contributed by atoms with Gasteiger partial charge in [0, 0.05) is 24.2 Å². The van der Waals surface area contributed by atoms with Crippen LogP contribution in [0.1, 0.15) is 32.3 Å². The monoisotopic (exact) mass is 294 g/mol. The zero-order chi connectivity index (χ0) is 14.7. The quantitative estimate of drug-likeness (QED) is 0.915. The summed E-state index contributed by atoms with van der Waals surface area (Å²) in [7, 11) is 2.19. The molecule has 0 amide bonds. The maximum atomic E-state index is 6.38. The summed E-state index contributed by atoms with van der Waals surface area (Å²) in [5.74, 6) is 2.11. The molecule has 112 valence electrons. The van der Waals surface area contributed by atoms with Gasteiger partial charge in [-0.2, -0.15) is 0 Å². The van der Waals surface area contributed by atoms with Gasteiger partial charge in [0.1, 0.15) is 0 Å². The summed E-state index contributed by atoms with van der Waals surface area (Å²) >= 11 is 5.93. The first-order valence-corrected chi connectivity index (χ1v) is 8.02. The van der Waals surface area contributed by atoms with Crippen LogP contribution in [-0.2, 0) is 6.54 Å². The molecule has 0 heterocycles. The second-order valence-corrected chi connectivity index (χ2v) is 7.14. The molecule has 1 aliphatic rings. The number of nitrogens with two attached hydrogens (primary N) is 1. The Balaban J connectivity index is 1.90. The predicted molar refractivity (Wildman–Crippen MR) is 86.8 cm³/mol. The van der Waals surface area contributed by atoms with E-state index in [1.165, 1.54) is 18.4 Å². The van der Waals surface area contributed by atoms with Crippen LogP contribution in [0, 0.1) is 17.8 Å². The molecule has 0 spiro atoms. The topological polar surface area (TPSA) is 29.3 Å². The average molecular weight is 295 g/mol. The highest BCUT2D eigenvalue weighted by Gasteiger charge is 2.32. The van der Waals surface area contributed by atoms with E-state index >= 15 is 0 Å². The third kappa shape index (κ3) is 4.21. The fourth-order valence-electron chi connectivity index (χ4n) is 3.61. The van der Waals surface area contributed by atoms with Crippen LogP contribution in [0.25, 0.3) is 0 Å². The van der Waals surface area contributed by atoms with Crippen LogP contribution < -0.4 is 5.73 Å². The molecule has 3 heteroatoms. The van der Waals surface area contributed by atoms with Gasteiger partial charge in [0.15, 0.2) is 0 Å². The minimum Gasteiger partial charge on any atom is -0.327 e. The van der Waals surface area contributed by atoms with Crippen LogP contribution in [0.5, 0.6) is 0 Å². The molecule has 1 aromatic carbocycles. The number of hydrogen-bond donors (Lipinski definition) is 1. The summed E-state index contributed by atoms with van der Waals surface area (Å²) in [6.45, 7) is 6.72. The van der Waals surface area contributed by atoms with Gasteiger partial charge in [0.25, 0.3) is 0 Å². The first kappa shape index (κ1) is 15.8. The summed E-state index contributed by atoms with van der Waals surface area (Å²) in [5, 5.41) is 0.799. The van der Waals surface area contributed by atoms with Crippen molar-refractivity contribution >= 4 is 11.6 Å². The molecule has 0 aromatic heterocycles. The van der Waals surface area contributed by atoms with Gasteiger partial charge in [-0.15, -0.1) is 0 Å². The summed E-state index contributed by atoms with van der Waals surface area (Å²) < 4.78 is 0. The summed E-state index contributed by atoms with van der Waals surface area (Å²) in [5.41, 5.74) is 7.68. The van der Waals surface area contributed by atoms with E-state index in [2.05, 4.69) is 37.9 Å². The van der Waals surface area contributed by atoms with E-state index in [0.717, 1.165) is 29.9 Å². The average Bonchev–Trinajstić information content (AvgIpc) is 2.36. The van der Waals surface area contributed by atoms with Crippen molar-refractivity contribution in [3.8, 4) is 0 Å². The van der Waals surface area contributed by atoms with Gasteiger partial charge in [0.05, 0.1) is 0 Å². The van der Waals surface area contributed by atoms with Crippen molar-refractivity contribution in [1.29, 1.82) is 0 Å². The van der Waals surface area contributed by atoms with Crippen molar-refractivity contribution in [2.75, 3.05) is 13.6 Å². The van der Waals surface area contributed by atoms with Crippen LogP contribution in [0.3, 0.4) is 0 Å². The van der Waals surface area contributed by atoms with Gasteiger partial charge in [-0.1, -0.05) is 37.6 Å². The lowest BCUT2D eigenvalue weighted by Crippen LogP contribution is -2.45. The molecule has 20 heavy (non-hydrogen) atoms. The zero-order valence-electron chi connectivity index (χ0n) is 12.8. The molecule has 2 nitrogen and oxygen atoms in total. The molecular weight excluding hydrogens is 268 g/mol. The molecule has 4 atom stereocenters. The molecule has 0 bridgehead atoms. The minimum atomic E-state index is 0.349. The molecule has 1 saturated carbocycles. The van der Waals surface area contributed by atoms with Gasteiger partial charge in [0.2, 0.25) is 0 Å². The molecule has 1 fully saturated rings. The standard InChI is InChI=1S/C17H27ClN2/c1-12-8-13(2)16(17(19)9-12)11-20(3)10-14-4-6-15(18)7-5-14/h4-7,12-13,16-17H,8-11,19H2,1-3H3. The fraction of sp³-hybridized carbons (Fsp3) is 0.647. The lowest BCUT2D eigenvalue weighted by atomic mass is 9.72. The van der Waals surface area contributed by atoms with Crippen LogP contribution in [-0.4, -0.2) is 24.5 Å². The Hall–Kier alpha value is -0.570. The van der Waals surface area contributed by atoms with E-state index < -0.39 is 0 Å². The molecule has 1 aliphatic carbocycles. The van der Waals surface area contributed by atoms with Gasteiger partial charge in [-0.05, 0) is 55.3 Å². The molecule has 2 N–H and O–H groups in total. The molecule has 0 saturated heterocycles. The lowest BCUT2D eigenvalue weighted by Gasteiger charge is -2.39. The molecule has 2 rings (SSSR count). The fourth-order valence-corrected chi connectivity index (χ4v) is 3.73. The van der Waals surface area contributed by atoms with Crippen molar-refractivity contribution in [2.24, 2.45) is 23.5 Å².